The minimum atomic E-state index is -3.76. The maximum atomic E-state index is 12.4. The zero-order valence-electron chi connectivity index (χ0n) is 15.9. The number of hydrogen-bond donors (Lipinski definition) is 2. The van der Waals surface area contributed by atoms with E-state index in [2.05, 4.69) is 15.2 Å². The van der Waals surface area contributed by atoms with Gasteiger partial charge in [0.25, 0.3) is 15.9 Å². The van der Waals surface area contributed by atoms with Crippen molar-refractivity contribution in [1.29, 1.82) is 0 Å². The Morgan fingerprint density at radius 1 is 1.00 bits per heavy atom. The van der Waals surface area contributed by atoms with E-state index in [9.17, 15) is 13.2 Å². The number of carbonyl (C=O) groups excluding carboxylic acids is 1. The van der Waals surface area contributed by atoms with Crippen molar-refractivity contribution in [2.24, 2.45) is 5.10 Å². The van der Waals surface area contributed by atoms with Crippen LogP contribution in [0.15, 0.2) is 82.8 Å². The molecule has 0 aromatic heterocycles. The van der Waals surface area contributed by atoms with Crippen LogP contribution in [0.1, 0.15) is 15.9 Å². The highest BCUT2D eigenvalue weighted by molar-refractivity contribution is 7.92. The summed E-state index contributed by atoms with van der Waals surface area (Å²) in [6.07, 6.45) is 1.48. The second-order valence-electron chi connectivity index (χ2n) is 6.08. The van der Waals surface area contributed by atoms with Crippen LogP contribution in [0.3, 0.4) is 0 Å². The first-order valence-corrected chi connectivity index (χ1v) is 10.6. The van der Waals surface area contributed by atoms with E-state index in [1.165, 1.54) is 54.7 Å². The van der Waals surface area contributed by atoms with E-state index >= 15 is 0 Å². The van der Waals surface area contributed by atoms with Crippen molar-refractivity contribution in [2.75, 3.05) is 11.8 Å². The number of amides is 1. The maximum absolute atomic E-state index is 12.4. The fourth-order valence-electron chi connectivity index (χ4n) is 2.52. The molecule has 0 saturated carbocycles. The highest BCUT2D eigenvalue weighted by atomic mass is 35.5. The van der Waals surface area contributed by atoms with E-state index in [0.717, 1.165) is 0 Å². The van der Waals surface area contributed by atoms with Gasteiger partial charge in [0, 0.05) is 21.8 Å². The van der Waals surface area contributed by atoms with Crippen LogP contribution in [0.25, 0.3) is 0 Å². The lowest BCUT2D eigenvalue weighted by atomic mass is 10.2. The van der Waals surface area contributed by atoms with Crippen molar-refractivity contribution < 1.29 is 17.9 Å². The summed E-state index contributed by atoms with van der Waals surface area (Å²) >= 11 is 5.79. The van der Waals surface area contributed by atoms with Crippen molar-refractivity contribution in [2.45, 2.75) is 4.90 Å². The molecule has 0 aliphatic rings. The van der Waals surface area contributed by atoms with Gasteiger partial charge in [0.2, 0.25) is 0 Å². The van der Waals surface area contributed by atoms with Crippen LogP contribution in [0.4, 0.5) is 5.69 Å². The number of hydrazone groups is 1. The summed E-state index contributed by atoms with van der Waals surface area (Å²) in [6, 6.07) is 19.0. The third kappa shape index (κ3) is 5.37. The Hall–Kier alpha value is -3.36. The molecule has 0 radical (unpaired) electrons. The third-order valence-electron chi connectivity index (χ3n) is 4.03. The fraction of sp³-hybridized carbons (Fsp3) is 0.0476. The summed E-state index contributed by atoms with van der Waals surface area (Å²) in [4.78, 5) is 12.3. The number of anilines is 1. The molecule has 3 aromatic carbocycles. The van der Waals surface area contributed by atoms with Gasteiger partial charge in [-0.25, -0.2) is 13.8 Å². The first-order valence-electron chi connectivity index (χ1n) is 8.74. The number of benzene rings is 3. The summed E-state index contributed by atoms with van der Waals surface area (Å²) < 4.78 is 32.5. The molecule has 3 rings (SSSR count). The highest BCUT2D eigenvalue weighted by Gasteiger charge is 2.14. The number of nitrogens with zero attached hydrogens (tertiary/aromatic N) is 1. The lowest BCUT2D eigenvalue weighted by Gasteiger charge is -2.09. The second kappa shape index (κ2) is 9.43. The quantitative estimate of drug-likeness (QED) is 0.427. The molecule has 0 spiro atoms. The number of nitrogens with one attached hydrogen (secondary N) is 2. The summed E-state index contributed by atoms with van der Waals surface area (Å²) in [7, 11) is -2.21. The van der Waals surface area contributed by atoms with Gasteiger partial charge in [0.05, 0.1) is 18.2 Å². The molecule has 0 bridgehead atoms. The molecule has 0 atom stereocenters. The molecule has 0 saturated heterocycles. The highest BCUT2D eigenvalue weighted by Crippen LogP contribution is 2.19. The van der Waals surface area contributed by atoms with E-state index in [1.807, 2.05) is 12.1 Å². The molecule has 3 aromatic rings. The summed E-state index contributed by atoms with van der Waals surface area (Å²) in [6.45, 7) is 0. The molecule has 2 N–H and O–H groups in total. The van der Waals surface area contributed by atoms with Gasteiger partial charge in [0.15, 0.2) is 0 Å². The third-order valence-corrected chi connectivity index (χ3v) is 5.68. The standard InChI is InChI=1S/C21H18ClN3O4S/c1-29-20-5-3-2-4-16(20)14-23-24-21(26)15-6-10-18(11-7-15)25-30(27,28)19-12-8-17(22)9-13-19/h2-14,25H,1H3,(H,24,26)/b23-14+. The van der Waals surface area contributed by atoms with Gasteiger partial charge >= 0.3 is 0 Å². The van der Waals surface area contributed by atoms with Crippen LogP contribution in [0.2, 0.25) is 5.02 Å². The van der Waals surface area contributed by atoms with Crippen molar-refractivity contribution in [1.82, 2.24) is 5.43 Å². The molecule has 30 heavy (non-hydrogen) atoms. The summed E-state index contributed by atoms with van der Waals surface area (Å²) in [5.74, 6) is 0.195. The lowest BCUT2D eigenvalue weighted by molar-refractivity contribution is 0.0955. The molecular weight excluding hydrogens is 426 g/mol. The molecule has 0 heterocycles. The molecule has 9 heteroatoms. The number of para-hydroxylation sites is 1. The molecule has 0 aliphatic heterocycles. The van der Waals surface area contributed by atoms with Gasteiger partial charge in [0.1, 0.15) is 5.75 Å². The van der Waals surface area contributed by atoms with Crippen LogP contribution in [-0.2, 0) is 10.0 Å². The molecular formula is C21H18ClN3O4S. The van der Waals surface area contributed by atoms with Crippen molar-refractivity contribution >= 4 is 39.4 Å². The van der Waals surface area contributed by atoms with Crippen molar-refractivity contribution in [3.05, 3.63) is 88.9 Å². The molecule has 0 fully saturated rings. The number of halogens is 1. The van der Waals surface area contributed by atoms with Crippen molar-refractivity contribution in [3.63, 3.8) is 0 Å². The molecule has 1 amide bonds. The number of methoxy groups -OCH3 is 1. The van der Waals surface area contributed by atoms with Gasteiger partial charge < -0.3 is 4.74 Å². The largest absolute Gasteiger partial charge is 0.496 e. The monoisotopic (exact) mass is 443 g/mol. The van der Waals surface area contributed by atoms with E-state index in [1.54, 1.807) is 19.2 Å². The van der Waals surface area contributed by atoms with E-state index < -0.39 is 15.9 Å². The smallest absolute Gasteiger partial charge is 0.271 e. The topological polar surface area (TPSA) is 96.9 Å². The predicted octanol–water partition coefficient (Wildman–Crippen LogP) is 3.91. The molecule has 7 nitrogen and oxygen atoms in total. The Morgan fingerprint density at radius 2 is 1.67 bits per heavy atom. The van der Waals surface area contributed by atoms with Gasteiger partial charge in [-0.2, -0.15) is 5.10 Å². The minimum absolute atomic E-state index is 0.0828. The number of sulfonamides is 1. The first-order chi connectivity index (χ1) is 14.4. The van der Waals surface area contributed by atoms with Crippen LogP contribution in [-0.4, -0.2) is 27.6 Å². The molecule has 154 valence electrons. The van der Waals surface area contributed by atoms with E-state index in [4.69, 9.17) is 16.3 Å². The first kappa shape index (κ1) is 21.4. The van der Waals surface area contributed by atoms with Crippen LogP contribution < -0.4 is 14.9 Å². The zero-order valence-corrected chi connectivity index (χ0v) is 17.4. The predicted molar refractivity (Wildman–Crippen MR) is 117 cm³/mol. The van der Waals surface area contributed by atoms with Gasteiger partial charge in [-0.3, -0.25) is 9.52 Å². The normalized spacial score (nSPS) is 11.3. The summed E-state index contributed by atoms with van der Waals surface area (Å²) in [5.41, 5.74) is 3.78. The Morgan fingerprint density at radius 3 is 2.33 bits per heavy atom. The Bertz CT molecular complexity index is 1160. The van der Waals surface area contributed by atoms with Crippen LogP contribution in [0.5, 0.6) is 5.75 Å². The Kier molecular flexibility index (Phi) is 6.71. The lowest BCUT2D eigenvalue weighted by Crippen LogP contribution is -2.18. The van der Waals surface area contributed by atoms with Gasteiger partial charge in [-0.15, -0.1) is 0 Å². The second-order valence-corrected chi connectivity index (χ2v) is 8.20. The van der Waals surface area contributed by atoms with E-state index in [-0.39, 0.29) is 4.90 Å². The maximum Gasteiger partial charge on any atom is 0.271 e. The molecule has 0 unspecified atom stereocenters. The van der Waals surface area contributed by atoms with Gasteiger partial charge in [-0.1, -0.05) is 23.7 Å². The minimum Gasteiger partial charge on any atom is -0.496 e. The average Bonchev–Trinajstić information content (AvgIpc) is 2.74. The van der Waals surface area contributed by atoms with Gasteiger partial charge in [-0.05, 0) is 60.7 Å². The van der Waals surface area contributed by atoms with Crippen molar-refractivity contribution in [3.8, 4) is 5.75 Å². The van der Waals surface area contributed by atoms with Crippen LogP contribution >= 0.6 is 11.6 Å². The van der Waals surface area contributed by atoms with E-state index in [0.29, 0.717) is 27.6 Å². The Labute approximate surface area is 179 Å². The SMILES string of the molecule is COc1ccccc1/C=N/NC(=O)c1ccc(NS(=O)(=O)c2ccc(Cl)cc2)cc1. The molecule has 0 aliphatic carbocycles. The number of ether oxygens (including phenoxy) is 1. The fourth-order valence-corrected chi connectivity index (χ4v) is 3.70. The number of hydrogen-bond acceptors (Lipinski definition) is 5. The zero-order chi connectivity index (χ0) is 21.6. The number of rotatable bonds is 7. The average molecular weight is 444 g/mol. The Balaban J connectivity index is 1.64. The number of carbonyl (C=O) groups is 1. The summed E-state index contributed by atoms with van der Waals surface area (Å²) in [5, 5.41) is 4.37. The van der Waals surface area contributed by atoms with Crippen LogP contribution in [0, 0.1) is 0 Å².